The maximum Gasteiger partial charge on any atom is 0.112 e. The lowest BCUT2D eigenvalue weighted by atomic mass is 9.81. The molecule has 1 aliphatic rings. The van der Waals surface area contributed by atoms with Crippen molar-refractivity contribution in [2.75, 3.05) is 0 Å². The van der Waals surface area contributed by atoms with Crippen molar-refractivity contribution in [1.82, 2.24) is 0 Å². The molecule has 1 heteroatoms. The predicted molar refractivity (Wildman–Crippen MR) is 33.8 cm³/mol. The van der Waals surface area contributed by atoms with Gasteiger partial charge in [-0.05, 0) is 5.41 Å². The Morgan fingerprint density at radius 1 is 1.43 bits per heavy atom. The number of hydrogen-bond acceptors (Lipinski definition) is 0. The Kier molecular flexibility index (Phi) is 0.945. The van der Waals surface area contributed by atoms with Crippen LogP contribution in [0.15, 0.2) is 0 Å². The third kappa shape index (κ3) is 1.22. The Bertz CT molecular complexity index is 66.7. The summed E-state index contributed by atoms with van der Waals surface area (Å²) in [6, 6.07) is 0. The van der Waals surface area contributed by atoms with E-state index >= 15 is 0 Å². The van der Waals surface area contributed by atoms with Crippen LogP contribution in [0.25, 0.3) is 0 Å². The molecule has 0 N–H and O–H groups in total. The van der Waals surface area contributed by atoms with Gasteiger partial charge in [-0.3, -0.25) is 0 Å². The van der Waals surface area contributed by atoms with Gasteiger partial charge in [-0.25, -0.2) is 0 Å². The normalized spacial score (nSPS) is 29.3. The molecule has 0 aliphatic carbocycles. The average Bonchev–Trinajstić information content (AvgIpc) is 1.99. The van der Waals surface area contributed by atoms with Gasteiger partial charge >= 0.3 is 0 Å². The summed E-state index contributed by atoms with van der Waals surface area (Å²) in [7, 11) is 2.38. The predicted octanol–water partition coefficient (Wildman–Crippen LogP) is 1.96. The van der Waals surface area contributed by atoms with E-state index in [0.29, 0.717) is 5.41 Å². The summed E-state index contributed by atoms with van der Waals surface area (Å²) in [6.07, 6.45) is 1.35. The molecule has 1 rings (SSSR count). The molecule has 39 valence electrons. The molecule has 7 heavy (non-hydrogen) atoms. The maximum atomic E-state index is 2.38. The molecule has 1 fully saturated rings. The molecule has 0 aromatic heterocycles. The molecule has 1 unspecified atom stereocenters. The van der Waals surface area contributed by atoms with Gasteiger partial charge in [-0.2, -0.15) is 0 Å². The highest BCUT2D eigenvalue weighted by atomic mass is 14.3. The first-order valence-corrected chi connectivity index (χ1v) is 2.94. The molecule has 0 bridgehead atoms. The largest absolute Gasteiger partial charge is 0.112 e. The summed E-state index contributed by atoms with van der Waals surface area (Å²) < 4.78 is 0. The lowest BCUT2D eigenvalue weighted by Crippen LogP contribution is -2.03. The van der Waals surface area contributed by atoms with E-state index in [1.165, 1.54) is 6.32 Å². The summed E-state index contributed by atoms with van der Waals surface area (Å²) in [5.41, 5.74) is 0.556. The van der Waals surface area contributed by atoms with E-state index in [1.807, 2.05) is 0 Å². The minimum absolute atomic E-state index is 0.556. The van der Waals surface area contributed by atoms with Gasteiger partial charge in [0, 0.05) is 0 Å². The molecule has 1 aliphatic heterocycles. The number of hydrogen-bond donors (Lipinski definition) is 0. The highest BCUT2D eigenvalue weighted by Crippen LogP contribution is 2.44. The Morgan fingerprint density at radius 3 is 1.86 bits per heavy atom. The van der Waals surface area contributed by atoms with Crippen LogP contribution in [0.2, 0.25) is 12.1 Å². The molecule has 1 radical (unpaired) electrons. The zero-order valence-electron chi connectivity index (χ0n) is 5.36. The molecule has 0 nitrogen and oxygen atoms in total. The van der Waals surface area contributed by atoms with Crippen LogP contribution in [0.3, 0.4) is 0 Å². The van der Waals surface area contributed by atoms with Crippen molar-refractivity contribution in [2.45, 2.75) is 32.9 Å². The quantitative estimate of drug-likeness (QED) is 0.403. The zero-order chi connectivity index (χ0) is 5.49. The Morgan fingerprint density at radius 2 is 1.86 bits per heavy atom. The van der Waals surface area contributed by atoms with Crippen molar-refractivity contribution in [1.29, 1.82) is 0 Å². The van der Waals surface area contributed by atoms with Crippen LogP contribution in [-0.4, -0.2) is 7.28 Å². The second-order valence-electron chi connectivity index (χ2n) is 3.44. The van der Waals surface area contributed by atoms with Gasteiger partial charge in [0.2, 0.25) is 0 Å². The van der Waals surface area contributed by atoms with Crippen molar-refractivity contribution >= 4 is 7.28 Å². The topological polar surface area (TPSA) is 0 Å². The second-order valence-corrected chi connectivity index (χ2v) is 3.44. The van der Waals surface area contributed by atoms with Gasteiger partial charge < -0.3 is 0 Å². The van der Waals surface area contributed by atoms with Gasteiger partial charge in [-0.15, -0.1) is 0 Å². The molecular formula is C6H12B. The fourth-order valence-electron chi connectivity index (χ4n) is 0.775. The third-order valence-electron chi connectivity index (χ3n) is 1.58. The fourth-order valence-corrected chi connectivity index (χ4v) is 0.775. The zero-order valence-corrected chi connectivity index (χ0v) is 5.36. The van der Waals surface area contributed by atoms with Gasteiger partial charge in [0.1, 0.15) is 7.28 Å². The minimum Gasteiger partial charge on any atom is -0.0836 e. The molecule has 0 spiro atoms. The first-order chi connectivity index (χ1) is 3.11. The summed E-state index contributed by atoms with van der Waals surface area (Å²) >= 11 is 0. The average molecular weight is 95.0 g/mol. The molecule has 1 atom stereocenters. The van der Waals surface area contributed by atoms with E-state index < -0.39 is 0 Å². The first kappa shape index (κ1) is 5.21. The highest BCUT2D eigenvalue weighted by molar-refractivity contribution is 6.51. The van der Waals surface area contributed by atoms with Crippen molar-refractivity contribution in [3.8, 4) is 0 Å². The fraction of sp³-hybridized carbons (Fsp3) is 1.00. The van der Waals surface area contributed by atoms with Crippen LogP contribution < -0.4 is 0 Å². The monoisotopic (exact) mass is 95.1 g/mol. The Hall–Kier alpha value is 0.0649. The third-order valence-corrected chi connectivity index (χ3v) is 1.58. The van der Waals surface area contributed by atoms with Crippen LogP contribution >= 0.6 is 0 Å². The molecule has 0 saturated carbocycles. The van der Waals surface area contributed by atoms with Gasteiger partial charge in [0.15, 0.2) is 0 Å². The van der Waals surface area contributed by atoms with Crippen molar-refractivity contribution in [3.05, 3.63) is 0 Å². The van der Waals surface area contributed by atoms with E-state index in [0.717, 1.165) is 5.82 Å². The molecule has 0 aromatic carbocycles. The molecule has 1 saturated heterocycles. The lowest BCUT2D eigenvalue weighted by molar-refractivity contribution is 0.425. The summed E-state index contributed by atoms with van der Waals surface area (Å²) in [5, 5.41) is 0. The molecule has 0 aromatic rings. The van der Waals surface area contributed by atoms with Crippen LogP contribution in [0.4, 0.5) is 0 Å². The van der Waals surface area contributed by atoms with E-state index in [4.69, 9.17) is 0 Å². The van der Waals surface area contributed by atoms with Crippen LogP contribution in [-0.2, 0) is 0 Å². The van der Waals surface area contributed by atoms with Crippen LogP contribution in [0.1, 0.15) is 20.8 Å². The van der Waals surface area contributed by atoms with Gasteiger partial charge in [0.05, 0.1) is 0 Å². The minimum atomic E-state index is 0.556. The van der Waals surface area contributed by atoms with E-state index in [9.17, 15) is 0 Å². The lowest BCUT2D eigenvalue weighted by Gasteiger charge is -2.16. The summed E-state index contributed by atoms with van der Waals surface area (Å²) in [4.78, 5) is 0. The number of rotatable bonds is 0. The Labute approximate surface area is 46.5 Å². The molecule has 0 amide bonds. The van der Waals surface area contributed by atoms with Crippen LogP contribution in [0, 0.1) is 5.41 Å². The summed E-state index contributed by atoms with van der Waals surface area (Å²) in [5.74, 6) is 0.924. The first-order valence-electron chi connectivity index (χ1n) is 2.94. The van der Waals surface area contributed by atoms with E-state index in [-0.39, 0.29) is 0 Å². The smallest absolute Gasteiger partial charge is 0.0836 e. The van der Waals surface area contributed by atoms with Gasteiger partial charge in [-0.1, -0.05) is 32.9 Å². The standard InChI is InChI=1S/C6H12B/c1-6(2,3)5-4-7-5/h5H,4H2,1-3H3. The second kappa shape index (κ2) is 1.27. The molecular weight excluding hydrogens is 82.9 g/mol. The van der Waals surface area contributed by atoms with Gasteiger partial charge in [0.25, 0.3) is 0 Å². The summed E-state index contributed by atoms with van der Waals surface area (Å²) in [6.45, 7) is 6.88. The Balaban J connectivity index is 2.36. The SMILES string of the molecule is CC(C)(C)C1[B]C1. The van der Waals surface area contributed by atoms with Crippen LogP contribution in [0.5, 0.6) is 0 Å². The highest BCUT2D eigenvalue weighted by Gasteiger charge is 2.34. The van der Waals surface area contributed by atoms with E-state index in [2.05, 4.69) is 28.1 Å². The van der Waals surface area contributed by atoms with Crippen molar-refractivity contribution in [2.24, 2.45) is 5.41 Å². The maximum absolute atomic E-state index is 2.38. The molecule has 1 heterocycles. The van der Waals surface area contributed by atoms with Crippen molar-refractivity contribution in [3.63, 3.8) is 0 Å². The van der Waals surface area contributed by atoms with Crippen molar-refractivity contribution < 1.29 is 0 Å². The van der Waals surface area contributed by atoms with E-state index in [1.54, 1.807) is 0 Å².